The van der Waals surface area contributed by atoms with E-state index in [9.17, 15) is 9.59 Å². The van der Waals surface area contributed by atoms with Crippen molar-refractivity contribution in [3.8, 4) is 0 Å². The maximum atomic E-state index is 12.3. The molecule has 4 heteroatoms. The summed E-state index contributed by atoms with van der Waals surface area (Å²) < 4.78 is 5.19. The van der Waals surface area contributed by atoms with Crippen molar-refractivity contribution < 1.29 is 9.21 Å². The Kier molecular flexibility index (Phi) is 3.16. The van der Waals surface area contributed by atoms with Gasteiger partial charge in [0.25, 0.3) is 0 Å². The lowest BCUT2D eigenvalue weighted by Crippen LogP contribution is -2.14. The Morgan fingerprint density at radius 3 is 2.50 bits per heavy atom. The number of ketones is 1. The van der Waals surface area contributed by atoms with Gasteiger partial charge >= 0.3 is 5.63 Å². The molecule has 0 fully saturated rings. The van der Waals surface area contributed by atoms with Crippen molar-refractivity contribution in [2.24, 2.45) is 0 Å². The molecule has 20 heavy (non-hydrogen) atoms. The highest BCUT2D eigenvalue weighted by Gasteiger charge is 2.15. The van der Waals surface area contributed by atoms with Crippen molar-refractivity contribution in [3.63, 3.8) is 0 Å². The van der Waals surface area contributed by atoms with E-state index in [1.807, 2.05) is 6.07 Å². The van der Waals surface area contributed by atoms with Crippen molar-refractivity contribution >= 4 is 29.4 Å². The van der Waals surface area contributed by atoms with Crippen LogP contribution in [-0.2, 0) is 0 Å². The number of fused-ring (bicyclic) bond motifs is 1. The topological polar surface area (TPSA) is 47.3 Å². The van der Waals surface area contributed by atoms with E-state index in [-0.39, 0.29) is 11.3 Å². The largest absolute Gasteiger partial charge is 0.422 e. The van der Waals surface area contributed by atoms with Gasteiger partial charge < -0.3 is 4.42 Å². The molecule has 0 bridgehead atoms. The first kappa shape index (κ1) is 12.7. The zero-order valence-corrected chi connectivity index (χ0v) is 11.3. The molecular weight excluding hydrogens is 272 g/mol. The molecule has 0 aliphatic rings. The summed E-state index contributed by atoms with van der Waals surface area (Å²) in [7, 11) is 0. The average Bonchev–Trinajstić information content (AvgIpc) is 2.46. The summed E-state index contributed by atoms with van der Waals surface area (Å²) in [5.41, 5.74) is 0.290. The Morgan fingerprint density at radius 1 is 1.00 bits per heavy atom. The number of carbonyl (C=O) groups excluding carboxylic acids is 1. The van der Waals surface area contributed by atoms with Crippen LogP contribution in [0.25, 0.3) is 11.0 Å². The molecule has 0 atom stereocenters. The van der Waals surface area contributed by atoms with Gasteiger partial charge in [0.2, 0.25) is 0 Å². The van der Waals surface area contributed by atoms with Crippen LogP contribution < -0.4 is 5.63 Å². The minimum atomic E-state index is -0.634. The highest BCUT2D eigenvalue weighted by molar-refractivity contribution is 7.80. The molecule has 1 aromatic heterocycles. The highest BCUT2D eigenvalue weighted by Crippen LogP contribution is 2.18. The van der Waals surface area contributed by atoms with Gasteiger partial charge in [-0.05, 0) is 18.2 Å². The molecule has 3 aromatic rings. The third-order valence-electron chi connectivity index (χ3n) is 3.00. The molecule has 0 radical (unpaired) electrons. The lowest BCUT2D eigenvalue weighted by molar-refractivity contribution is 0.103. The summed E-state index contributed by atoms with van der Waals surface area (Å²) in [6.07, 6.45) is 0. The monoisotopic (exact) mass is 282 g/mol. The zero-order chi connectivity index (χ0) is 14.1. The van der Waals surface area contributed by atoms with Gasteiger partial charge in [-0.25, -0.2) is 4.79 Å². The molecule has 0 saturated carbocycles. The van der Waals surface area contributed by atoms with E-state index in [1.54, 1.807) is 48.5 Å². The fourth-order valence-corrected chi connectivity index (χ4v) is 2.20. The highest BCUT2D eigenvalue weighted by atomic mass is 32.1. The van der Waals surface area contributed by atoms with Crippen molar-refractivity contribution in [3.05, 3.63) is 76.1 Å². The molecule has 1 heterocycles. The van der Waals surface area contributed by atoms with Gasteiger partial charge in [-0.3, -0.25) is 4.79 Å². The summed E-state index contributed by atoms with van der Waals surface area (Å²) in [6.45, 7) is 0. The lowest BCUT2D eigenvalue weighted by Gasteiger charge is -2.02. The van der Waals surface area contributed by atoms with Crippen LogP contribution in [-0.4, -0.2) is 5.78 Å². The molecule has 3 rings (SSSR count). The second-order valence-corrected chi connectivity index (χ2v) is 4.88. The van der Waals surface area contributed by atoms with E-state index in [2.05, 4.69) is 12.6 Å². The Hall–Kier alpha value is -2.33. The van der Waals surface area contributed by atoms with E-state index < -0.39 is 5.63 Å². The van der Waals surface area contributed by atoms with Crippen molar-refractivity contribution in [2.45, 2.75) is 4.90 Å². The summed E-state index contributed by atoms with van der Waals surface area (Å²) in [4.78, 5) is 24.9. The van der Waals surface area contributed by atoms with Crippen LogP contribution in [0.15, 0.2) is 68.7 Å². The van der Waals surface area contributed by atoms with Gasteiger partial charge in [0.05, 0.1) is 0 Å². The standard InChI is InChI=1S/C16H10O3S/c17-15(10-4-2-1-3-5-10)13-8-11-6-7-12(20)9-14(11)19-16(13)18/h1-9,20H. The molecule has 0 aliphatic carbocycles. The summed E-state index contributed by atoms with van der Waals surface area (Å²) in [6, 6.07) is 15.4. The predicted octanol–water partition coefficient (Wildman–Crippen LogP) is 3.31. The Bertz CT molecular complexity index is 850. The number of hydrogen-bond acceptors (Lipinski definition) is 4. The van der Waals surface area contributed by atoms with Crippen LogP contribution in [0.3, 0.4) is 0 Å². The van der Waals surface area contributed by atoms with E-state index in [1.165, 1.54) is 0 Å². The van der Waals surface area contributed by atoms with Gasteiger partial charge in [-0.15, -0.1) is 12.6 Å². The first-order valence-corrected chi connectivity index (χ1v) is 6.46. The minimum absolute atomic E-state index is 0.0376. The predicted molar refractivity (Wildman–Crippen MR) is 79.6 cm³/mol. The normalized spacial score (nSPS) is 10.7. The quantitative estimate of drug-likeness (QED) is 0.445. The first-order valence-electron chi connectivity index (χ1n) is 6.02. The number of carbonyl (C=O) groups is 1. The molecule has 0 N–H and O–H groups in total. The van der Waals surface area contributed by atoms with Gasteiger partial charge in [0.15, 0.2) is 5.78 Å². The number of benzene rings is 2. The number of rotatable bonds is 2. The zero-order valence-electron chi connectivity index (χ0n) is 10.4. The fourth-order valence-electron chi connectivity index (χ4n) is 2.00. The van der Waals surface area contributed by atoms with Crippen LogP contribution >= 0.6 is 12.6 Å². The Morgan fingerprint density at radius 2 is 1.75 bits per heavy atom. The van der Waals surface area contributed by atoms with Crippen LogP contribution in [0.4, 0.5) is 0 Å². The average molecular weight is 282 g/mol. The van der Waals surface area contributed by atoms with Crippen molar-refractivity contribution in [2.75, 3.05) is 0 Å². The molecule has 0 amide bonds. The smallest absolute Gasteiger partial charge is 0.347 e. The molecule has 3 nitrogen and oxygen atoms in total. The molecular formula is C16H10O3S. The number of thiol groups is 1. The van der Waals surface area contributed by atoms with Gasteiger partial charge in [0, 0.05) is 15.8 Å². The second-order valence-electron chi connectivity index (χ2n) is 4.36. The Balaban J connectivity index is 2.17. The maximum absolute atomic E-state index is 12.3. The van der Waals surface area contributed by atoms with E-state index in [0.29, 0.717) is 21.4 Å². The van der Waals surface area contributed by atoms with E-state index in [0.717, 1.165) is 0 Å². The molecule has 2 aromatic carbocycles. The van der Waals surface area contributed by atoms with E-state index >= 15 is 0 Å². The van der Waals surface area contributed by atoms with Crippen LogP contribution in [0.2, 0.25) is 0 Å². The Labute approximate surface area is 120 Å². The minimum Gasteiger partial charge on any atom is -0.422 e. The molecule has 98 valence electrons. The van der Waals surface area contributed by atoms with Crippen LogP contribution in [0, 0.1) is 0 Å². The van der Waals surface area contributed by atoms with Gasteiger partial charge in [0.1, 0.15) is 11.1 Å². The van der Waals surface area contributed by atoms with Gasteiger partial charge in [-0.1, -0.05) is 36.4 Å². The third-order valence-corrected chi connectivity index (χ3v) is 3.28. The third kappa shape index (κ3) is 2.26. The van der Waals surface area contributed by atoms with Gasteiger partial charge in [-0.2, -0.15) is 0 Å². The van der Waals surface area contributed by atoms with Crippen LogP contribution in [0.5, 0.6) is 0 Å². The first-order chi connectivity index (χ1) is 9.65. The fraction of sp³-hybridized carbons (Fsp3) is 0. The molecule has 0 unspecified atom stereocenters. The lowest BCUT2D eigenvalue weighted by atomic mass is 10.0. The second kappa shape index (κ2) is 4.98. The summed E-state index contributed by atoms with van der Waals surface area (Å²) in [5.74, 6) is -0.337. The molecule has 0 aliphatic heterocycles. The summed E-state index contributed by atoms with van der Waals surface area (Å²) >= 11 is 4.19. The summed E-state index contributed by atoms with van der Waals surface area (Å²) in [5, 5.41) is 0.696. The van der Waals surface area contributed by atoms with E-state index in [4.69, 9.17) is 4.42 Å². The SMILES string of the molecule is O=C(c1ccccc1)c1cc2ccc(S)cc2oc1=O. The van der Waals surface area contributed by atoms with Crippen molar-refractivity contribution in [1.82, 2.24) is 0 Å². The van der Waals surface area contributed by atoms with Crippen molar-refractivity contribution in [1.29, 1.82) is 0 Å². The number of hydrogen-bond donors (Lipinski definition) is 1. The van der Waals surface area contributed by atoms with Crippen LogP contribution in [0.1, 0.15) is 15.9 Å². The maximum Gasteiger partial charge on any atom is 0.347 e. The molecule has 0 saturated heterocycles. The molecule has 0 spiro atoms.